The third-order valence-electron chi connectivity index (χ3n) is 7.21. The van der Waals surface area contributed by atoms with Gasteiger partial charge in [0.2, 0.25) is 5.91 Å². The zero-order valence-corrected chi connectivity index (χ0v) is 21.4. The fourth-order valence-corrected chi connectivity index (χ4v) is 6.24. The van der Waals surface area contributed by atoms with E-state index < -0.39 is 35.3 Å². The maximum atomic E-state index is 13.1. The van der Waals surface area contributed by atoms with Gasteiger partial charge in [-0.1, -0.05) is 43.2 Å². The van der Waals surface area contributed by atoms with Crippen molar-refractivity contribution in [2.75, 3.05) is 19.7 Å². The number of hydrogen-bond acceptors (Lipinski definition) is 5. The lowest BCUT2D eigenvalue weighted by atomic mass is 9.76. The molecule has 1 aliphatic carbocycles. The first-order valence-electron chi connectivity index (χ1n) is 12.6. The molecule has 2 aliphatic rings. The molecule has 0 radical (unpaired) electrons. The van der Waals surface area contributed by atoms with Crippen molar-refractivity contribution >= 4 is 35.1 Å². The van der Waals surface area contributed by atoms with E-state index in [-0.39, 0.29) is 17.9 Å². The van der Waals surface area contributed by atoms with E-state index in [9.17, 15) is 14.7 Å². The SMILES string of the molecule is CCOC(=O)[C@@H](Cc1ccccc1)NC(=O)C1CC(Cl)C(CCCC2CCNCC2)C(Cl)C1O. The Kier molecular flexibility index (Phi) is 11.0. The number of amides is 1. The monoisotopic (exact) mass is 512 g/mol. The number of rotatable bonds is 10. The summed E-state index contributed by atoms with van der Waals surface area (Å²) in [4.78, 5) is 25.7. The number of carbonyl (C=O) groups is 2. The zero-order chi connectivity index (χ0) is 24.5. The van der Waals surface area contributed by atoms with Crippen molar-refractivity contribution in [3.8, 4) is 0 Å². The molecule has 1 heterocycles. The number of nitrogens with one attached hydrogen (secondary N) is 2. The average molecular weight is 514 g/mol. The first kappa shape index (κ1) is 27.3. The molecule has 0 bridgehead atoms. The van der Waals surface area contributed by atoms with Crippen LogP contribution in [0.2, 0.25) is 0 Å². The highest BCUT2D eigenvalue weighted by atomic mass is 35.5. The summed E-state index contributed by atoms with van der Waals surface area (Å²) in [5.41, 5.74) is 0.907. The van der Waals surface area contributed by atoms with Crippen LogP contribution in [0.15, 0.2) is 30.3 Å². The lowest BCUT2D eigenvalue weighted by molar-refractivity contribution is -0.148. The molecule has 3 rings (SSSR count). The highest BCUT2D eigenvalue weighted by molar-refractivity contribution is 6.24. The van der Waals surface area contributed by atoms with Crippen LogP contribution in [0.25, 0.3) is 0 Å². The second kappa shape index (κ2) is 13.7. The Labute approximate surface area is 213 Å². The summed E-state index contributed by atoms with van der Waals surface area (Å²) < 4.78 is 5.17. The smallest absolute Gasteiger partial charge is 0.328 e. The van der Waals surface area contributed by atoms with Crippen LogP contribution in [0.5, 0.6) is 0 Å². The second-order valence-electron chi connectivity index (χ2n) is 9.58. The molecule has 34 heavy (non-hydrogen) atoms. The molecule has 1 amide bonds. The van der Waals surface area contributed by atoms with Gasteiger partial charge in [0.05, 0.1) is 24.0 Å². The van der Waals surface area contributed by atoms with E-state index in [4.69, 9.17) is 27.9 Å². The third kappa shape index (κ3) is 7.58. The molecule has 6 nitrogen and oxygen atoms in total. The van der Waals surface area contributed by atoms with Gasteiger partial charge in [-0.25, -0.2) is 4.79 Å². The van der Waals surface area contributed by atoms with Gasteiger partial charge in [0.15, 0.2) is 0 Å². The van der Waals surface area contributed by atoms with E-state index in [1.165, 1.54) is 12.8 Å². The normalized spacial score (nSPS) is 28.8. The zero-order valence-electron chi connectivity index (χ0n) is 19.9. The van der Waals surface area contributed by atoms with E-state index in [2.05, 4.69) is 10.6 Å². The fourth-order valence-electron chi connectivity index (χ4n) is 5.21. The Balaban J connectivity index is 1.57. The number of alkyl halides is 2. The Bertz CT molecular complexity index is 775. The maximum absolute atomic E-state index is 13.1. The van der Waals surface area contributed by atoms with Gasteiger partial charge < -0.3 is 20.5 Å². The maximum Gasteiger partial charge on any atom is 0.328 e. The Morgan fingerprint density at radius 2 is 1.88 bits per heavy atom. The number of aliphatic hydroxyl groups excluding tert-OH is 1. The van der Waals surface area contributed by atoms with Crippen molar-refractivity contribution in [2.24, 2.45) is 17.8 Å². The fraction of sp³-hybridized carbons (Fsp3) is 0.692. The van der Waals surface area contributed by atoms with Crippen molar-refractivity contribution in [3.63, 3.8) is 0 Å². The molecule has 5 unspecified atom stereocenters. The first-order valence-corrected chi connectivity index (χ1v) is 13.5. The molecule has 8 heteroatoms. The molecule has 1 saturated heterocycles. The van der Waals surface area contributed by atoms with Gasteiger partial charge in [-0.2, -0.15) is 0 Å². The van der Waals surface area contributed by atoms with E-state index >= 15 is 0 Å². The molecule has 2 fully saturated rings. The van der Waals surface area contributed by atoms with Crippen molar-refractivity contribution in [2.45, 2.75) is 74.8 Å². The third-order valence-corrected chi connectivity index (χ3v) is 8.29. The van der Waals surface area contributed by atoms with Crippen LogP contribution < -0.4 is 10.6 Å². The number of benzene rings is 1. The van der Waals surface area contributed by atoms with Crippen LogP contribution in [-0.2, 0) is 20.7 Å². The molecule has 0 spiro atoms. The average Bonchev–Trinajstić information content (AvgIpc) is 2.84. The van der Waals surface area contributed by atoms with Gasteiger partial charge in [0, 0.05) is 11.8 Å². The minimum absolute atomic E-state index is 0.0470. The molecule has 1 aromatic carbocycles. The summed E-state index contributed by atoms with van der Waals surface area (Å²) in [6, 6.07) is 8.60. The molecule has 1 aromatic rings. The predicted octanol–water partition coefficient (Wildman–Crippen LogP) is 3.66. The molecular formula is C26H38Cl2N2O4. The van der Waals surface area contributed by atoms with Gasteiger partial charge in [0.25, 0.3) is 0 Å². The lowest BCUT2D eigenvalue weighted by Crippen LogP contribution is -2.54. The van der Waals surface area contributed by atoms with Gasteiger partial charge in [-0.3, -0.25) is 4.79 Å². The van der Waals surface area contributed by atoms with E-state index in [0.29, 0.717) is 12.8 Å². The minimum Gasteiger partial charge on any atom is -0.464 e. The largest absolute Gasteiger partial charge is 0.464 e. The van der Waals surface area contributed by atoms with Gasteiger partial charge in [0.1, 0.15) is 6.04 Å². The Morgan fingerprint density at radius 3 is 2.56 bits per heavy atom. The van der Waals surface area contributed by atoms with Crippen LogP contribution >= 0.6 is 23.2 Å². The van der Waals surface area contributed by atoms with Crippen LogP contribution in [0.3, 0.4) is 0 Å². The standard InChI is InChI=1S/C26H38Cl2N2O4/c1-2-34-26(33)22(15-18-7-4-3-5-8-18)30-25(32)20-16-21(27)19(23(28)24(20)31)10-6-9-17-11-13-29-14-12-17/h3-5,7-8,17,19-24,29,31H,2,6,9-16H2,1H3,(H,30,32)/t19?,20?,21?,22-,23?,24?/m1/s1. The minimum atomic E-state index is -1.01. The summed E-state index contributed by atoms with van der Waals surface area (Å²) in [6.07, 6.45) is 5.04. The van der Waals surface area contributed by atoms with Crippen molar-refractivity contribution in [1.29, 1.82) is 0 Å². The van der Waals surface area contributed by atoms with E-state index in [1.807, 2.05) is 30.3 Å². The molecule has 1 saturated carbocycles. The van der Waals surface area contributed by atoms with Gasteiger partial charge >= 0.3 is 5.97 Å². The predicted molar refractivity (Wildman–Crippen MR) is 135 cm³/mol. The molecule has 0 aromatic heterocycles. The highest BCUT2D eigenvalue weighted by Gasteiger charge is 2.45. The number of piperidine rings is 1. The summed E-state index contributed by atoms with van der Waals surface area (Å²) in [5.74, 6) is -0.982. The van der Waals surface area contributed by atoms with Gasteiger partial charge in [-0.15, -0.1) is 23.2 Å². The number of carbonyl (C=O) groups excluding carboxylic acids is 2. The summed E-state index contributed by atoms with van der Waals surface area (Å²) in [7, 11) is 0. The molecule has 3 N–H and O–H groups in total. The van der Waals surface area contributed by atoms with E-state index in [1.54, 1.807) is 6.92 Å². The molecule has 190 valence electrons. The highest BCUT2D eigenvalue weighted by Crippen LogP contribution is 2.39. The number of esters is 1. The lowest BCUT2D eigenvalue weighted by Gasteiger charge is -2.40. The van der Waals surface area contributed by atoms with E-state index in [0.717, 1.165) is 43.8 Å². The van der Waals surface area contributed by atoms with Crippen molar-refractivity contribution in [1.82, 2.24) is 10.6 Å². The van der Waals surface area contributed by atoms with Crippen LogP contribution in [0.4, 0.5) is 0 Å². The summed E-state index contributed by atoms with van der Waals surface area (Å²) in [6.45, 7) is 4.11. The van der Waals surface area contributed by atoms with Crippen molar-refractivity contribution < 1.29 is 19.4 Å². The Morgan fingerprint density at radius 1 is 1.18 bits per heavy atom. The summed E-state index contributed by atoms with van der Waals surface area (Å²) in [5, 5.41) is 16.2. The topological polar surface area (TPSA) is 87.7 Å². The Hall–Kier alpha value is -1.34. The van der Waals surface area contributed by atoms with Crippen LogP contribution in [0.1, 0.15) is 51.0 Å². The first-order chi connectivity index (χ1) is 16.4. The second-order valence-corrected chi connectivity index (χ2v) is 10.6. The quantitative estimate of drug-likeness (QED) is 0.329. The number of hydrogen-bond donors (Lipinski definition) is 3. The number of aliphatic hydroxyl groups is 1. The molecule has 6 atom stereocenters. The van der Waals surface area contributed by atoms with Gasteiger partial charge in [-0.05, 0) is 63.1 Å². The van der Waals surface area contributed by atoms with Crippen molar-refractivity contribution in [3.05, 3.63) is 35.9 Å². The molecular weight excluding hydrogens is 475 g/mol. The molecule has 1 aliphatic heterocycles. The summed E-state index contributed by atoms with van der Waals surface area (Å²) >= 11 is 13.4. The van der Waals surface area contributed by atoms with Crippen LogP contribution in [0, 0.1) is 17.8 Å². The number of ether oxygens (including phenoxy) is 1. The number of halogens is 2. The van der Waals surface area contributed by atoms with Crippen LogP contribution in [-0.4, -0.2) is 59.6 Å².